The zero-order chi connectivity index (χ0) is 20.7. The molecule has 1 unspecified atom stereocenters. The predicted octanol–water partition coefficient (Wildman–Crippen LogP) is 2.92. The molecule has 0 bridgehead atoms. The van der Waals surface area contributed by atoms with E-state index in [4.69, 9.17) is 33.2 Å². The molecule has 0 aromatic heterocycles. The van der Waals surface area contributed by atoms with Crippen LogP contribution in [0.15, 0.2) is 12.2 Å². The summed E-state index contributed by atoms with van der Waals surface area (Å²) in [6, 6.07) is 0. The van der Waals surface area contributed by atoms with Crippen LogP contribution in [0.25, 0.3) is 0 Å². The number of rotatable bonds is 4. The van der Waals surface area contributed by atoms with Crippen molar-refractivity contribution in [2.75, 3.05) is 34.5 Å². The maximum atomic E-state index is 6.29. The molecule has 28 heavy (non-hydrogen) atoms. The molecule has 7 atom stereocenters. The number of hydrogen-bond acceptors (Lipinski definition) is 7. The Bertz CT molecular complexity index is 575. The molecule has 3 rings (SSSR count). The predicted molar refractivity (Wildman–Crippen MR) is 107 cm³/mol. The van der Waals surface area contributed by atoms with E-state index in [1.807, 2.05) is 6.08 Å². The van der Waals surface area contributed by atoms with Gasteiger partial charge in [0.15, 0.2) is 6.29 Å². The minimum atomic E-state index is -1.58. The van der Waals surface area contributed by atoms with Gasteiger partial charge in [-0.15, -0.1) is 0 Å². The molecule has 3 aliphatic rings. The van der Waals surface area contributed by atoms with E-state index in [9.17, 15) is 0 Å². The summed E-state index contributed by atoms with van der Waals surface area (Å²) in [6.07, 6.45) is 2.14. The van der Waals surface area contributed by atoms with Gasteiger partial charge in [-0.2, -0.15) is 0 Å². The third-order valence-corrected chi connectivity index (χ3v) is 13.1. The molecule has 3 heterocycles. The van der Waals surface area contributed by atoms with Crippen LogP contribution in [0.1, 0.15) is 20.8 Å². The zero-order valence-electron chi connectivity index (χ0n) is 18.4. The van der Waals surface area contributed by atoms with Crippen molar-refractivity contribution >= 4 is 8.07 Å². The second kappa shape index (κ2) is 8.07. The second-order valence-electron chi connectivity index (χ2n) is 9.42. The van der Waals surface area contributed by atoms with Gasteiger partial charge in [0, 0.05) is 27.4 Å². The summed E-state index contributed by atoms with van der Waals surface area (Å²) in [7, 11) is 3.26. The lowest BCUT2D eigenvalue weighted by Crippen LogP contribution is -2.67. The van der Waals surface area contributed by atoms with E-state index in [0.717, 1.165) is 0 Å². The number of hydrogen-bond donors (Lipinski definition) is 0. The molecular formula is C20H36O7Si. The lowest BCUT2D eigenvalue weighted by Gasteiger charge is -2.52. The molecule has 2 saturated heterocycles. The SMILES string of the molecule is CO[C@H]1O[C@@H]2COC3(C=C[C@H]([Si](C)(C)C(C)(C)C)CO3)O[C@H]2[C@H](OC)[C@H]1OC. The molecule has 0 radical (unpaired) electrons. The Balaban J connectivity index is 1.78. The molecule has 0 aromatic rings. The summed E-state index contributed by atoms with van der Waals surface area (Å²) in [4.78, 5) is 0. The molecule has 3 aliphatic heterocycles. The average Bonchev–Trinajstić information content (AvgIpc) is 2.66. The van der Waals surface area contributed by atoms with E-state index >= 15 is 0 Å². The van der Waals surface area contributed by atoms with Gasteiger partial charge in [0.05, 0.1) is 21.3 Å². The van der Waals surface area contributed by atoms with Crippen molar-refractivity contribution in [1.29, 1.82) is 0 Å². The highest BCUT2D eigenvalue weighted by atomic mass is 28.3. The Hall–Kier alpha value is -0.323. The number of methoxy groups -OCH3 is 3. The summed E-state index contributed by atoms with van der Waals surface area (Å²) in [5.74, 6) is -1.20. The van der Waals surface area contributed by atoms with Crippen molar-refractivity contribution in [3.05, 3.63) is 12.2 Å². The van der Waals surface area contributed by atoms with Crippen LogP contribution in [0.2, 0.25) is 23.7 Å². The van der Waals surface area contributed by atoms with Crippen molar-refractivity contribution in [2.24, 2.45) is 0 Å². The van der Waals surface area contributed by atoms with Crippen LogP contribution in [0.4, 0.5) is 0 Å². The zero-order valence-corrected chi connectivity index (χ0v) is 19.4. The summed E-state index contributed by atoms with van der Waals surface area (Å²) >= 11 is 0. The Morgan fingerprint density at radius 3 is 2.11 bits per heavy atom. The maximum Gasteiger partial charge on any atom is 0.305 e. The quantitative estimate of drug-likeness (QED) is 0.516. The van der Waals surface area contributed by atoms with E-state index in [1.165, 1.54) is 0 Å². The highest BCUT2D eigenvalue weighted by Crippen LogP contribution is 2.47. The van der Waals surface area contributed by atoms with E-state index in [2.05, 4.69) is 39.9 Å². The topological polar surface area (TPSA) is 64.6 Å². The highest BCUT2D eigenvalue weighted by molar-refractivity contribution is 6.82. The van der Waals surface area contributed by atoms with Crippen LogP contribution in [-0.4, -0.2) is 79.3 Å². The van der Waals surface area contributed by atoms with Gasteiger partial charge < -0.3 is 33.2 Å². The van der Waals surface area contributed by atoms with E-state index in [1.54, 1.807) is 21.3 Å². The molecule has 1 spiro atoms. The van der Waals surface area contributed by atoms with E-state index in [-0.39, 0.29) is 23.4 Å². The molecule has 2 fully saturated rings. The summed E-state index contributed by atoms with van der Waals surface area (Å²) < 4.78 is 41.1. The Kier molecular flexibility index (Phi) is 6.45. The van der Waals surface area contributed by atoms with Crippen LogP contribution >= 0.6 is 0 Å². The second-order valence-corrected chi connectivity index (χ2v) is 15.1. The molecule has 7 nitrogen and oxygen atoms in total. The monoisotopic (exact) mass is 416 g/mol. The first-order valence-corrected chi connectivity index (χ1v) is 13.0. The number of fused-ring (bicyclic) bond motifs is 1. The van der Waals surface area contributed by atoms with Crippen molar-refractivity contribution in [2.45, 2.75) is 81.1 Å². The molecule has 8 heteroatoms. The van der Waals surface area contributed by atoms with Crippen molar-refractivity contribution in [3.63, 3.8) is 0 Å². The minimum absolute atomic E-state index is 0.272. The molecule has 0 aromatic carbocycles. The van der Waals surface area contributed by atoms with Gasteiger partial charge in [0.2, 0.25) is 0 Å². The molecular weight excluding hydrogens is 380 g/mol. The summed E-state index contributed by atoms with van der Waals surface area (Å²) in [5, 5.41) is 0.272. The van der Waals surface area contributed by atoms with E-state index < -0.39 is 26.4 Å². The fraction of sp³-hybridized carbons (Fsp3) is 0.900. The van der Waals surface area contributed by atoms with Crippen LogP contribution in [0.5, 0.6) is 0 Å². The van der Waals surface area contributed by atoms with Crippen LogP contribution < -0.4 is 0 Å². The van der Waals surface area contributed by atoms with Gasteiger partial charge >= 0.3 is 5.97 Å². The molecule has 0 aliphatic carbocycles. The van der Waals surface area contributed by atoms with Crippen LogP contribution in [0, 0.1) is 0 Å². The van der Waals surface area contributed by atoms with Gasteiger partial charge in [-0.25, -0.2) is 0 Å². The Labute approximate surface area is 169 Å². The first-order chi connectivity index (χ1) is 13.1. The molecule has 0 amide bonds. The van der Waals surface area contributed by atoms with Gasteiger partial charge in [-0.05, 0) is 10.6 Å². The molecule has 0 saturated carbocycles. The maximum absolute atomic E-state index is 6.29. The standard InChI is InChI=1S/C20H36O7Si/c1-19(2,3)28(7,8)13-9-10-20(24-11-13)25-12-14-15(27-20)16(21-4)17(22-5)18(23-6)26-14/h9-10,13-18H,11-12H2,1-8H3/t13-,14+,15+,16-,17+,18-,20?/m0/s1. The first kappa shape index (κ1) is 22.4. The van der Waals surface area contributed by atoms with Crippen molar-refractivity contribution < 1.29 is 33.2 Å². The van der Waals surface area contributed by atoms with Crippen molar-refractivity contribution in [1.82, 2.24) is 0 Å². The first-order valence-electron chi connectivity index (χ1n) is 9.97. The van der Waals surface area contributed by atoms with E-state index in [0.29, 0.717) is 18.8 Å². The van der Waals surface area contributed by atoms with Gasteiger partial charge in [0.1, 0.15) is 24.4 Å². The normalized spacial score (nSPS) is 41.9. The molecule has 162 valence electrons. The number of ether oxygens (including phenoxy) is 7. The lowest BCUT2D eigenvalue weighted by molar-refractivity contribution is -0.442. The Morgan fingerprint density at radius 2 is 1.61 bits per heavy atom. The smallest absolute Gasteiger partial charge is 0.305 e. The van der Waals surface area contributed by atoms with Gasteiger partial charge in [-0.3, -0.25) is 0 Å². The minimum Gasteiger partial charge on any atom is -0.376 e. The highest BCUT2D eigenvalue weighted by Gasteiger charge is 2.56. The lowest BCUT2D eigenvalue weighted by atomic mass is 9.97. The third-order valence-electron chi connectivity index (χ3n) is 6.97. The van der Waals surface area contributed by atoms with Crippen LogP contribution in [0.3, 0.4) is 0 Å². The average molecular weight is 417 g/mol. The Morgan fingerprint density at radius 1 is 0.964 bits per heavy atom. The fourth-order valence-electron chi connectivity index (χ4n) is 3.99. The molecule has 0 N–H and O–H groups in total. The third kappa shape index (κ3) is 3.86. The largest absolute Gasteiger partial charge is 0.376 e. The van der Waals surface area contributed by atoms with Gasteiger partial charge in [0.25, 0.3) is 0 Å². The van der Waals surface area contributed by atoms with Crippen molar-refractivity contribution in [3.8, 4) is 0 Å². The van der Waals surface area contributed by atoms with Crippen LogP contribution in [-0.2, 0) is 33.2 Å². The fourth-order valence-corrected chi connectivity index (χ4v) is 6.18. The summed E-state index contributed by atoms with van der Waals surface area (Å²) in [5.41, 5.74) is 0.397. The summed E-state index contributed by atoms with van der Waals surface area (Å²) in [6.45, 7) is 12.7. The van der Waals surface area contributed by atoms with Gasteiger partial charge in [-0.1, -0.05) is 39.9 Å².